The summed E-state index contributed by atoms with van der Waals surface area (Å²) in [4.78, 5) is 27.9. The molecule has 11 heteroatoms. The molecule has 3 aromatic carbocycles. The van der Waals surface area contributed by atoms with Crippen LogP contribution in [0.4, 0.5) is 0 Å². The molecule has 0 aliphatic carbocycles. The van der Waals surface area contributed by atoms with Gasteiger partial charge in [0.2, 0.25) is 15.9 Å². The number of nitrogens with zero attached hydrogens (tertiary/aromatic N) is 1. The summed E-state index contributed by atoms with van der Waals surface area (Å²) in [5, 5.41) is 10.9. The molecule has 0 radical (unpaired) electrons. The molecule has 1 fully saturated rings. The Bertz CT molecular complexity index is 1530. The Hall–Kier alpha value is -2.62. The summed E-state index contributed by atoms with van der Waals surface area (Å²) in [7, 11) is -4.01. The van der Waals surface area contributed by atoms with Gasteiger partial charge in [0.05, 0.1) is 22.9 Å². The molecule has 7 nitrogen and oxygen atoms in total. The van der Waals surface area contributed by atoms with Gasteiger partial charge in [-0.3, -0.25) is 9.59 Å². The van der Waals surface area contributed by atoms with Crippen molar-refractivity contribution in [3.8, 4) is 0 Å². The number of carboxylic acid groups (broad SMARTS) is 1. The first kappa shape index (κ1) is 31.3. The molecule has 4 unspecified atom stereocenters. The number of carbonyl (C=O) groups excluding carboxylic acids is 1. The van der Waals surface area contributed by atoms with Crippen molar-refractivity contribution in [3.63, 3.8) is 0 Å². The van der Waals surface area contributed by atoms with E-state index in [9.17, 15) is 23.1 Å². The van der Waals surface area contributed by atoms with Crippen LogP contribution in [0.3, 0.4) is 0 Å². The van der Waals surface area contributed by atoms with Crippen molar-refractivity contribution in [2.75, 3.05) is 6.54 Å². The lowest BCUT2D eigenvalue weighted by molar-refractivity contribution is -0.160. The summed E-state index contributed by atoms with van der Waals surface area (Å²) in [5.74, 6) is -1.80. The van der Waals surface area contributed by atoms with E-state index < -0.39 is 33.5 Å². The fourth-order valence-electron chi connectivity index (χ4n) is 5.67. The maximum atomic E-state index is 14.3. The molecule has 2 N–H and O–H groups in total. The average molecular weight is 638 g/mol. The normalized spacial score (nSPS) is 22.0. The van der Waals surface area contributed by atoms with E-state index in [0.717, 1.165) is 11.1 Å². The Morgan fingerprint density at radius 1 is 1.02 bits per heavy atom. The van der Waals surface area contributed by atoms with Crippen LogP contribution in [0, 0.1) is 5.41 Å². The molecule has 1 aliphatic heterocycles. The zero-order chi connectivity index (χ0) is 29.9. The van der Waals surface area contributed by atoms with Gasteiger partial charge in [-0.2, -0.15) is 0 Å². The van der Waals surface area contributed by atoms with Crippen LogP contribution in [0.1, 0.15) is 56.2 Å². The van der Waals surface area contributed by atoms with E-state index in [4.69, 9.17) is 34.8 Å². The highest BCUT2D eigenvalue weighted by Crippen LogP contribution is 2.52. The minimum atomic E-state index is -4.01. The van der Waals surface area contributed by atoms with Crippen molar-refractivity contribution in [1.29, 1.82) is 0 Å². The van der Waals surface area contributed by atoms with E-state index in [1.807, 2.05) is 37.3 Å². The number of likely N-dealkylation sites (tertiary alicyclic amines) is 1. The fraction of sp³-hybridized carbons (Fsp3) is 0.333. The number of hydrogen-bond donors (Lipinski definition) is 2. The Kier molecular flexibility index (Phi) is 9.71. The number of hydrogen-bond acceptors (Lipinski definition) is 4. The standard InChI is InChI=1S/C30H31Cl3N2O5S/c1-3-23(18-34-41(39,40)26-10-5-4-9-25(26)33)35-28(19-11-13-21(31)14-12-19)24(20-7-6-8-22(32)15-20)16-30(2,29(35)38)17-27(36)37/h4-15,23-24,28,34H,3,16-18H2,1-2H3,(H,36,37). The second kappa shape index (κ2) is 12.7. The molecule has 0 aromatic heterocycles. The zero-order valence-corrected chi connectivity index (χ0v) is 25.6. The van der Waals surface area contributed by atoms with E-state index in [1.165, 1.54) is 12.1 Å². The number of benzene rings is 3. The molecule has 41 heavy (non-hydrogen) atoms. The number of sulfonamides is 1. The van der Waals surface area contributed by atoms with Crippen LogP contribution in [0.25, 0.3) is 0 Å². The third kappa shape index (κ3) is 6.89. The van der Waals surface area contributed by atoms with Gasteiger partial charge in [-0.05, 0) is 60.4 Å². The average Bonchev–Trinajstić information content (AvgIpc) is 2.91. The number of carboxylic acids is 1. The second-order valence-corrected chi connectivity index (χ2v) is 13.6. The van der Waals surface area contributed by atoms with Gasteiger partial charge in [0.15, 0.2) is 0 Å². The van der Waals surface area contributed by atoms with Crippen molar-refractivity contribution in [3.05, 3.63) is 99.0 Å². The van der Waals surface area contributed by atoms with Crippen LogP contribution in [0.2, 0.25) is 15.1 Å². The molecule has 1 amide bonds. The van der Waals surface area contributed by atoms with Crippen LogP contribution >= 0.6 is 34.8 Å². The van der Waals surface area contributed by atoms with E-state index in [1.54, 1.807) is 42.2 Å². The number of halogens is 3. The molecule has 0 spiro atoms. The predicted molar refractivity (Wildman–Crippen MR) is 161 cm³/mol. The van der Waals surface area contributed by atoms with Crippen LogP contribution in [-0.4, -0.2) is 42.9 Å². The number of rotatable bonds is 10. The lowest BCUT2D eigenvalue weighted by atomic mass is 9.67. The van der Waals surface area contributed by atoms with Gasteiger partial charge < -0.3 is 10.0 Å². The molecule has 0 saturated carbocycles. The summed E-state index contributed by atoms with van der Waals surface area (Å²) >= 11 is 18.8. The number of carbonyl (C=O) groups is 2. The first-order valence-corrected chi connectivity index (χ1v) is 15.8. The predicted octanol–water partition coefficient (Wildman–Crippen LogP) is 6.94. The van der Waals surface area contributed by atoms with E-state index in [0.29, 0.717) is 16.5 Å². The monoisotopic (exact) mass is 636 g/mol. The highest BCUT2D eigenvalue weighted by molar-refractivity contribution is 7.89. The van der Waals surface area contributed by atoms with E-state index >= 15 is 0 Å². The largest absolute Gasteiger partial charge is 0.481 e. The Morgan fingerprint density at radius 2 is 1.71 bits per heavy atom. The van der Waals surface area contributed by atoms with Crippen LogP contribution in [0.5, 0.6) is 0 Å². The van der Waals surface area contributed by atoms with Gasteiger partial charge in [0, 0.05) is 28.5 Å². The lowest BCUT2D eigenvalue weighted by Gasteiger charge is -2.52. The Labute approximate surface area is 255 Å². The maximum absolute atomic E-state index is 14.3. The zero-order valence-electron chi connectivity index (χ0n) is 22.6. The minimum Gasteiger partial charge on any atom is -0.481 e. The molecule has 0 bridgehead atoms. The molecule has 218 valence electrons. The van der Waals surface area contributed by atoms with Crippen molar-refractivity contribution in [2.24, 2.45) is 5.41 Å². The SMILES string of the molecule is CCC(CNS(=O)(=O)c1ccccc1Cl)N1C(=O)C(C)(CC(=O)O)CC(c2cccc(Cl)c2)C1c1ccc(Cl)cc1. The maximum Gasteiger partial charge on any atom is 0.304 e. The summed E-state index contributed by atoms with van der Waals surface area (Å²) in [6, 6.07) is 19.4. The van der Waals surface area contributed by atoms with Gasteiger partial charge in [0.25, 0.3) is 0 Å². The van der Waals surface area contributed by atoms with Crippen molar-refractivity contribution in [2.45, 2.75) is 56.0 Å². The summed E-state index contributed by atoms with van der Waals surface area (Å²) < 4.78 is 29.1. The molecule has 4 atom stereocenters. The van der Waals surface area contributed by atoms with Gasteiger partial charge >= 0.3 is 5.97 Å². The Balaban J connectivity index is 1.83. The number of aliphatic carboxylic acids is 1. The van der Waals surface area contributed by atoms with Gasteiger partial charge in [-0.1, -0.05) is 85.0 Å². The van der Waals surface area contributed by atoms with Crippen molar-refractivity contribution >= 4 is 56.7 Å². The molecular weight excluding hydrogens is 607 g/mol. The van der Waals surface area contributed by atoms with Gasteiger partial charge in [0.1, 0.15) is 4.90 Å². The first-order valence-electron chi connectivity index (χ1n) is 13.2. The molecular formula is C30H31Cl3N2O5S. The second-order valence-electron chi connectivity index (χ2n) is 10.6. The third-order valence-corrected chi connectivity index (χ3v) is 10.0. The van der Waals surface area contributed by atoms with Crippen molar-refractivity contribution < 1.29 is 23.1 Å². The topological polar surface area (TPSA) is 104 Å². The summed E-state index contributed by atoms with van der Waals surface area (Å²) in [6.45, 7) is 3.41. The van der Waals surface area contributed by atoms with Gasteiger partial charge in [-0.15, -0.1) is 0 Å². The van der Waals surface area contributed by atoms with Crippen LogP contribution in [0.15, 0.2) is 77.7 Å². The summed E-state index contributed by atoms with van der Waals surface area (Å²) in [5.41, 5.74) is 0.382. The minimum absolute atomic E-state index is 0.0664. The first-order chi connectivity index (χ1) is 19.4. The molecule has 3 aromatic rings. The molecule has 1 aliphatic rings. The summed E-state index contributed by atoms with van der Waals surface area (Å²) in [6.07, 6.45) is 0.269. The fourth-order valence-corrected chi connectivity index (χ4v) is 7.58. The molecule has 1 heterocycles. The number of amides is 1. The Morgan fingerprint density at radius 3 is 2.32 bits per heavy atom. The van der Waals surface area contributed by atoms with Crippen LogP contribution in [-0.2, 0) is 19.6 Å². The van der Waals surface area contributed by atoms with Crippen LogP contribution < -0.4 is 4.72 Å². The smallest absolute Gasteiger partial charge is 0.304 e. The number of nitrogens with one attached hydrogen (secondary N) is 1. The highest BCUT2D eigenvalue weighted by atomic mass is 35.5. The highest BCUT2D eigenvalue weighted by Gasteiger charge is 2.52. The molecule has 4 rings (SSSR count). The third-order valence-electron chi connectivity index (χ3n) is 7.63. The lowest BCUT2D eigenvalue weighted by Crippen LogP contribution is -2.58. The number of piperidine rings is 1. The van der Waals surface area contributed by atoms with E-state index in [2.05, 4.69) is 4.72 Å². The van der Waals surface area contributed by atoms with Gasteiger partial charge in [-0.25, -0.2) is 13.1 Å². The molecule has 1 saturated heterocycles. The van der Waals surface area contributed by atoms with E-state index in [-0.39, 0.29) is 41.1 Å². The van der Waals surface area contributed by atoms with Crippen molar-refractivity contribution in [1.82, 2.24) is 9.62 Å². The quantitative estimate of drug-likeness (QED) is 0.251.